The van der Waals surface area contributed by atoms with Gasteiger partial charge in [0.25, 0.3) is 0 Å². The van der Waals surface area contributed by atoms with Gasteiger partial charge in [0.05, 0.1) is 0 Å². The molecule has 0 heterocycles. The Labute approximate surface area is 130 Å². The van der Waals surface area contributed by atoms with Crippen molar-refractivity contribution >= 4 is 21.9 Å². The summed E-state index contributed by atoms with van der Waals surface area (Å²) >= 11 is 3.63. The van der Waals surface area contributed by atoms with Crippen LogP contribution in [0, 0.1) is 6.92 Å². The van der Waals surface area contributed by atoms with Crippen LogP contribution in [0.1, 0.15) is 57.7 Å². The smallest absolute Gasteiger partial charge is 0.302 e. The van der Waals surface area contributed by atoms with E-state index < -0.39 is 0 Å². The van der Waals surface area contributed by atoms with Crippen LogP contribution in [-0.4, -0.2) is 12.1 Å². The molecule has 1 aliphatic carbocycles. The van der Waals surface area contributed by atoms with Crippen LogP contribution in [-0.2, 0) is 20.4 Å². The van der Waals surface area contributed by atoms with Gasteiger partial charge in [-0.1, -0.05) is 49.7 Å². The highest BCUT2D eigenvalue weighted by Gasteiger charge is 2.46. The lowest BCUT2D eigenvalue weighted by Crippen LogP contribution is -2.47. The maximum atomic E-state index is 11.4. The summed E-state index contributed by atoms with van der Waals surface area (Å²) in [7, 11) is 0. The van der Waals surface area contributed by atoms with Crippen molar-refractivity contribution in [3.05, 3.63) is 33.3 Å². The molecule has 1 aromatic carbocycles. The minimum absolute atomic E-state index is 0.00118. The molecule has 0 aliphatic heterocycles. The molecule has 0 saturated heterocycles. The number of halogens is 1. The predicted molar refractivity (Wildman–Crippen MR) is 85.1 cm³/mol. The maximum absolute atomic E-state index is 11.4. The van der Waals surface area contributed by atoms with Gasteiger partial charge in [-0.2, -0.15) is 0 Å². The van der Waals surface area contributed by atoms with Gasteiger partial charge in [0.2, 0.25) is 0 Å². The Morgan fingerprint density at radius 2 is 1.85 bits per heavy atom. The summed E-state index contributed by atoms with van der Waals surface area (Å²) in [5.74, 6) is -0.198. The molecule has 20 heavy (non-hydrogen) atoms. The number of carbonyl (C=O) groups is 1. The van der Waals surface area contributed by atoms with Gasteiger partial charge in [-0.15, -0.1) is 0 Å². The number of carbonyl (C=O) groups excluding carboxylic acids is 1. The van der Waals surface area contributed by atoms with Crippen LogP contribution in [0.3, 0.4) is 0 Å². The summed E-state index contributed by atoms with van der Waals surface area (Å²) in [5, 5.41) is 0. The van der Waals surface area contributed by atoms with E-state index in [9.17, 15) is 4.79 Å². The summed E-state index contributed by atoms with van der Waals surface area (Å²) in [6, 6.07) is 4.47. The number of fused-ring (bicyclic) bond motifs is 1. The molecule has 2 rings (SSSR count). The molecule has 1 aliphatic rings. The number of esters is 1. The zero-order chi connectivity index (χ0) is 15.3. The highest BCUT2D eigenvalue weighted by molar-refractivity contribution is 9.10. The first-order chi connectivity index (χ1) is 9.05. The monoisotopic (exact) mass is 338 g/mol. The van der Waals surface area contributed by atoms with Gasteiger partial charge in [0.1, 0.15) is 6.10 Å². The molecule has 1 atom stereocenters. The fourth-order valence-corrected chi connectivity index (χ4v) is 3.51. The largest absolute Gasteiger partial charge is 0.462 e. The number of rotatable bonds is 1. The molecule has 0 saturated carbocycles. The SMILES string of the molecule is CC(=O)OC1CC(C)(C)c2cc(Br)c(C)cc2C1(C)C. The van der Waals surface area contributed by atoms with E-state index >= 15 is 0 Å². The quantitative estimate of drug-likeness (QED) is 0.696. The van der Waals surface area contributed by atoms with Gasteiger partial charge in [0, 0.05) is 16.8 Å². The first-order valence-corrected chi connectivity index (χ1v) is 7.83. The van der Waals surface area contributed by atoms with E-state index in [1.54, 1.807) is 0 Å². The fraction of sp³-hybridized carbons (Fsp3) is 0.588. The highest BCUT2D eigenvalue weighted by atomic mass is 79.9. The topological polar surface area (TPSA) is 26.3 Å². The van der Waals surface area contributed by atoms with Gasteiger partial charge in [-0.3, -0.25) is 4.79 Å². The van der Waals surface area contributed by atoms with Crippen molar-refractivity contribution in [2.45, 2.75) is 64.9 Å². The lowest BCUT2D eigenvalue weighted by atomic mass is 9.61. The van der Waals surface area contributed by atoms with Crippen LogP contribution in [0.2, 0.25) is 0 Å². The number of hydrogen-bond donors (Lipinski definition) is 0. The van der Waals surface area contributed by atoms with E-state index in [0.717, 1.165) is 10.9 Å². The Hall–Kier alpha value is -0.830. The summed E-state index contributed by atoms with van der Waals surface area (Å²) in [4.78, 5) is 11.4. The molecule has 0 fully saturated rings. The molecular formula is C17H23BrO2. The van der Waals surface area contributed by atoms with Crippen molar-refractivity contribution < 1.29 is 9.53 Å². The van der Waals surface area contributed by atoms with Crippen LogP contribution in [0.25, 0.3) is 0 Å². The number of aryl methyl sites for hydroxylation is 1. The van der Waals surface area contributed by atoms with Crippen LogP contribution >= 0.6 is 15.9 Å². The van der Waals surface area contributed by atoms with E-state index in [1.165, 1.54) is 23.6 Å². The van der Waals surface area contributed by atoms with Crippen LogP contribution < -0.4 is 0 Å². The minimum Gasteiger partial charge on any atom is -0.462 e. The molecule has 0 spiro atoms. The van der Waals surface area contributed by atoms with E-state index in [4.69, 9.17) is 4.74 Å². The Morgan fingerprint density at radius 1 is 1.25 bits per heavy atom. The van der Waals surface area contributed by atoms with Gasteiger partial charge in [0.15, 0.2) is 0 Å². The average Bonchev–Trinajstić information content (AvgIpc) is 2.28. The van der Waals surface area contributed by atoms with Crippen molar-refractivity contribution in [1.29, 1.82) is 0 Å². The molecule has 1 aromatic rings. The van der Waals surface area contributed by atoms with Crippen molar-refractivity contribution in [3.8, 4) is 0 Å². The van der Waals surface area contributed by atoms with Crippen LogP contribution in [0.15, 0.2) is 16.6 Å². The molecule has 0 amide bonds. The van der Waals surface area contributed by atoms with Crippen LogP contribution in [0.4, 0.5) is 0 Å². The Bertz CT molecular complexity index is 558. The average molecular weight is 339 g/mol. The normalized spacial score (nSPS) is 23.1. The number of ether oxygens (including phenoxy) is 1. The van der Waals surface area contributed by atoms with Crippen molar-refractivity contribution in [2.24, 2.45) is 0 Å². The second-order valence-corrected chi connectivity index (χ2v) is 7.91. The fourth-order valence-electron chi connectivity index (χ4n) is 3.17. The Kier molecular flexibility index (Phi) is 3.79. The summed E-state index contributed by atoms with van der Waals surface area (Å²) in [6.45, 7) is 12.4. The molecule has 2 nitrogen and oxygen atoms in total. The number of hydrogen-bond acceptors (Lipinski definition) is 2. The molecule has 1 unspecified atom stereocenters. The van der Waals surface area contributed by atoms with E-state index in [2.05, 4.69) is 62.7 Å². The Morgan fingerprint density at radius 3 is 2.40 bits per heavy atom. The molecule has 0 bridgehead atoms. The minimum atomic E-state index is -0.198. The molecule has 0 aromatic heterocycles. The zero-order valence-electron chi connectivity index (χ0n) is 13.1. The molecule has 3 heteroatoms. The first-order valence-electron chi connectivity index (χ1n) is 7.04. The van der Waals surface area contributed by atoms with E-state index in [0.29, 0.717) is 0 Å². The second kappa shape index (κ2) is 4.87. The van der Waals surface area contributed by atoms with Gasteiger partial charge in [-0.25, -0.2) is 0 Å². The maximum Gasteiger partial charge on any atom is 0.302 e. The Balaban J connectivity index is 2.61. The highest BCUT2D eigenvalue weighted by Crippen LogP contribution is 2.48. The van der Waals surface area contributed by atoms with E-state index in [-0.39, 0.29) is 22.9 Å². The van der Waals surface area contributed by atoms with Gasteiger partial charge >= 0.3 is 5.97 Å². The van der Waals surface area contributed by atoms with Crippen molar-refractivity contribution in [2.75, 3.05) is 0 Å². The summed E-state index contributed by atoms with van der Waals surface area (Å²) in [6.07, 6.45) is 0.769. The zero-order valence-corrected chi connectivity index (χ0v) is 14.7. The molecular weight excluding hydrogens is 316 g/mol. The summed E-state index contributed by atoms with van der Waals surface area (Å²) < 4.78 is 6.76. The first kappa shape index (κ1) is 15.6. The second-order valence-electron chi connectivity index (χ2n) is 7.05. The predicted octanol–water partition coefficient (Wildman–Crippen LogP) is 4.65. The van der Waals surface area contributed by atoms with Gasteiger partial charge in [-0.05, 0) is 41.5 Å². The third kappa shape index (κ3) is 2.52. The third-order valence-corrected chi connectivity index (χ3v) is 5.39. The summed E-state index contributed by atoms with van der Waals surface area (Å²) in [5.41, 5.74) is 3.70. The number of benzene rings is 1. The lowest BCUT2D eigenvalue weighted by Gasteiger charge is -2.47. The standard InChI is InChI=1S/C17H23BrO2/c1-10-7-13-12(8-14(10)18)16(3,4)9-15(17(13,5)6)20-11(2)19/h7-8,15H,9H2,1-6H3. The molecule has 110 valence electrons. The third-order valence-electron chi connectivity index (χ3n) is 4.53. The van der Waals surface area contributed by atoms with E-state index in [1.807, 2.05) is 0 Å². The van der Waals surface area contributed by atoms with Gasteiger partial charge < -0.3 is 4.74 Å². The molecule has 0 N–H and O–H groups in total. The lowest BCUT2D eigenvalue weighted by molar-refractivity contribution is -0.151. The van der Waals surface area contributed by atoms with Crippen molar-refractivity contribution in [1.82, 2.24) is 0 Å². The van der Waals surface area contributed by atoms with Crippen molar-refractivity contribution in [3.63, 3.8) is 0 Å². The van der Waals surface area contributed by atoms with Crippen LogP contribution in [0.5, 0.6) is 0 Å². The molecule has 0 radical (unpaired) electrons.